The molecule has 6 heteroatoms. The summed E-state index contributed by atoms with van der Waals surface area (Å²) >= 11 is 6.89. The van der Waals surface area contributed by atoms with Crippen molar-refractivity contribution in [2.24, 2.45) is 0 Å². The van der Waals surface area contributed by atoms with Crippen LogP contribution in [0.25, 0.3) is 0 Å². The normalized spacial score (nSPS) is 33.2. The standard InChI is InChI=1S/C5H16P4Se2/c6-1-2-8-3-4-9(11,5-8)7-10/h1-7,9H2. The molecule has 0 bridgehead atoms. The summed E-state index contributed by atoms with van der Waals surface area (Å²) in [6, 6.07) is 0. The van der Waals surface area contributed by atoms with Gasteiger partial charge in [0, 0.05) is 0 Å². The molecule has 0 aromatic rings. The third kappa shape index (κ3) is 3.78. The van der Waals surface area contributed by atoms with Crippen LogP contribution >= 0.6 is 29.8 Å². The quantitative estimate of drug-likeness (QED) is 0.527. The molecule has 1 aliphatic heterocycles. The van der Waals surface area contributed by atoms with Gasteiger partial charge < -0.3 is 0 Å². The van der Waals surface area contributed by atoms with Crippen molar-refractivity contribution in [2.45, 2.75) is 0 Å². The van der Waals surface area contributed by atoms with Gasteiger partial charge >= 0.3 is 91.5 Å². The van der Waals surface area contributed by atoms with Crippen molar-refractivity contribution in [2.75, 3.05) is 30.6 Å². The molecule has 0 aliphatic carbocycles. The third-order valence-electron chi connectivity index (χ3n) is 2.19. The average Bonchev–Trinajstić information content (AvgIpc) is 2.35. The molecule has 0 saturated carbocycles. The summed E-state index contributed by atoms with van der Waals surface area (Å²) < 4.78 is 0. The van der Waals surface area contributed by atoms with Gasteiger partial charge in [-0.3, -0.25) is 0 Å². The summed E-state index contributed by atoms with van der Waals surface area (Å²) in [5, 5.41) is 0. The Hall–Kier alpha value is 2.76. The Labute approximate surface area is 91.0 Å². The van der Waals surface area contributed by atoms with Crippen LogP contribution in [0.2, 0.25) is 0 Å². The molecule has 0 aromatic heterocycles. The molecule has 0 spiro atoms. The third-order valence-corrected chi connectivity index (χ3v) is 40.5. The van der Waals surface area contributed by atoms with Crippen molar-refractivity contribution in [1.82, 2.24) is 0 Å². The predicted octanol–water partition coefficient (Wildman–Crippen LogP) is 1.29. The summed E-state index contributed by atoms with van der Waals surface area (Å²) in [6.07, 6.45) is 6.06. The number of rotatable bonds is 3. The fraction of sp³-hybridized carbons (Fsp3) is 1.00. The van der Waals surface area contributed by atoms with Crippen LogP contribution in [0.5, 0.6) is 0 Å². The van der Waals surface area contributed by atoms with Crippen LogP contribution in [0.1, 0.15) is 0 Å². The Morgan fingerprint density at radius 2 is 2.36 bits per heavy atom. The zero-order chi connectivity index (χ0) is 8.32. The molecule has 0 nitrogen and oxygen atoms in total. The molecule has 0 N–H and O–H groups in total. The Morgan fingerprint density at radius 3 is 2.82 bits per heavy atom. The molecular formula is C5H16P4Se2. The maximum absolute atomic E-state index is 3.57. The van der Waals surface area contributed by atoms with Gasteiger partial charge in [0.05, 0.1) is 0 Å². The second-order valence-electron chi connectivity index (χ2n) is 3.24. The first kappa shape index (κ1) is 11.8. The predicted molar refractivity (Wildman–Crippen MR) is 71.9 cm³/mol. The molecule has 11 heavy (non-hydrogen) atoms. The molecule has 1 saturated heterocycles. The van der Waals surface area contributed by atoms with Crippen LogP contribution in [0, 0.1) is 0 Å². The second kappa shape index (κ2) is 5.59. The summed E-state index contributed by atoms with van der Waals surface area (Å²) in [4.78, 5) is 0. The van der Waals surface area contributed by atoms with E-state index in [0.29, 0.717) is 14.9 Å². The van der Waals surface area contributed by atoms with Crippen LogP contribution in [0.15, 0.2) is 0 Å². The molecular weight excluding hydrogens is 342 g/mol. The molecule has 1 heterocycles. The van der Waals surface area contributed by atoms with Crippen LogP contribution in [0.3, 0.4) is 0 Å². The van der Waals surface area contributed by atoms with E-state index in [-0.39, 0.29) is 0 Å². The summed E-state index contributed by atoms with van der Waals surface area (Å²) in [5.74, 6) is 1.67. The van der Waals surface area contributed by atoms with Crippen LogP contribution < -0.4 is 0 Å². The minimum atomic E-state index is -1.01. The van der Waals surface area contributed by atoms with E-state index in [4.69, 9.17) is 0 Å². The first-order chi connectivity index (χ1) is 5.20. The molecule has 2 radical (unpaired) electrons. The van der Waals surface area contributed by atoms with E-state index >= 15 is 0 Å². The van der Waals surface area contributed by atoms with Gasteiger partial charge in [0.25, 0.3) is 0 Å². The van der Waals surface area contributed by atoms with Gasteiger partial charge in [-0.2, -0.15) is 0 Å². The van der Waals surface area contributed by atoms with Crippen LogP contribution in [-0.4, -0.2) is 61.7 Å². The molecule has 1 rings (SSSR count). The van der Waals surface area contributed by atoms with Crippen molar-refractivity contribution >= 4 is 60.9 Å². The minimum absolute atomic E-state index is 0.484. The van der Waals surface area contributed by atoms with Crippen molar-refractivity contribution in [3.05, 3.63) is 0 Å². The monoisotopic (exact) mass is 360 g/mol. The fourth-order valence-electron chi connectivity index (χ4n) is 1.52. The molecule has 1 fully saturated rings. The maximum atomic E-state index is 3.57. The van der Waals surface area contributed by atoms with Crippen molar-refractivity contribution in [3.63, 3.8) is 0 Å². The van der Waals surface area contributed by atoms with Gasteiger partial charge in [-0.05, 0) is 0 Å². The SMILES string of the molecule is PCCP1CC[PH2-]([Se])([PH2+][Se])C1. The summed E-state index contributed by atoms with van der Waals surface area (Å²) in [6.45, 7) is 0.695. The Bertz CT molecular complexity index is 134. The average molecular weight is 358 g/mol. The van der Waals surface area contributed by atoms with E-state index < -0.39 is 5.64 Å². The van der Waals surface area contributed by atoms with E-state index in [9.17, 15) is 0 Å². The van der Waals surface area contributed by atoms with Gasteiger partial charge in [-0.1, -0.05) is 0 Å². The Kier molecular flexibility index (Phi) is 6.02. The molecule has 1 aliphatic rings. The van der Waals surface area contributed by atoms with E-state index in [1.54, 1.807) is 18.2 Å². The molecule has 0 aromatic carbocycles. The van der Waals surface area contributed by atoms with Crippen LogP contribution in [0.4, 0.5) is 0 Å². The van der Waals surface area contributed by atoms with Gasteiger partial charge in [0.1, 0.15) is 0 Å². The van der Waals surface area contributed by atoms with Gasteiger partial charge in [0.2, 0.25) is 0 Å². The fourth-order valence-corrected chi connectivity index (χ4v) is 31.2. The number of hydrogen-bond donors (Lipinski definition) is 0. The Morgan fingerprint density at radius 1 is 1.64 bits per heavy atom. The van der Waals surface area contributed by atoms with E-state index in [2.05, 4.69) is 40.4 Å². The van der Waals surface area contributed by atoms with Crippen molar-refractivity contribution in [1.29, 1.82) is 0 Å². The first-order valence-corrected chi connectivity index (χ1v) is 17.9. The van der Waals surface area contributed by atoms with Crippen molar-refractivity contribution in [3.8, 4) is 0 Å². The molecule has 0 amide bonds. The van der Waals surface area contributed by atoms with Gasteiger partial charge in [-0.15, -0.1) is 0 Å². The van der Waals surface area contributed by atoms with Gasteiger partial charge in [-0.25, -0.2) is 0 Å². The molecule has 68 valence electrons. The number of hydrogen-bond acceptors (Lipinski definition) is 0. The van der Waals surface area contributed by atoms with E-state index in [1.165, 1.54) is 12.3 Å². The second-order valence-corrected chi connectivity index (χ2v) is 29.8. The summed E-state index contributed by atoms with van der Waals surface area (Å²) in [7, 11) is 3.35. The molecule has 3 unspecified atom stereocenters. The molecule has 3 atom stereocenters. The van der Waals surface area contributed by atoms with Crippen molar-refractivity contribution < 1.29 is 0 Å². The van der Waals surface area contributed by atoms with E-state index in [0.717, 1.165) is 0 Å². The van der Waals surface area contributed by atoms with E-state index in [1.807, 2.05) is 0 Å². The zero-order valence-electron chi connectivity index (χ0n) is 6.53. The Balaban J connectivity index is 2.33. The van der Waals surface area contributed by atoms with Gasteiger partial charge in [0.15, 0.2) is 0 Å². The zero-order valence-corrected chi connectivity index (χ0v) is 14.3. The van der Waals surface area contributed by atoms with Crippen LogP contribution in [-0.2, 0) is 0 Å². The summed E-state index contributed by atoms with van der Waals surface area (Å²) in [5.41, 5.74) is -1.01. The first-order valence-electron chi connectivity index (χ1n) is 3.98. The topological polar surface area (TPSA) is 0 Å².